The van der Waals surface area contributed by atoms with E-state index in [4.69, 9.17) is 9.57 Å². The maximum atomic E-state index is 13.2. The average Bonchev–Trinajstić information content (AvgIpc) is 3.38. The van der Waals surface area contributed by atoms with Gasteiger partial charge in [0.25, 0.3) is 5.91 Å². The number of nitrogens with one attached hydrogen (secondary N) is 1. The molecule has 178 valence electrons. The van der Waals surface area contributed by atoms with E-state index in [9.17, 15) is 18.3 Å². The number of anilines is 1. The first-order valence-electron chi connectivity index (χ1n) is 9.75. The van der Waals surface area contributed by atoms with Crippen molar-refractivity contribution in [1.29, 1.82) is 0 Å². The van der Waals surface area contributed by atoms with Crippen molar-refractivity contribution in [2.24, 2.45) is 12.2 Å². The standard InChI is InChI=1S/C20H24FN5O5S2/c1-26-9-8-15(24-26)13-31-25-18(19(27)23-20-22-12-17(21)32-20)14-4-6-16(7-5-14)33(28,29)11-3-10-30-2/h4-9,12,28-29H,3,10-11,13H2,1-2H3,(H,22,23,27)/b25-18+. The molecular formula is C20H24FN5O5S2. The third kappa shape index (κ3) is 7.07. The maximum Gasteiger partial charge on any atom is 0.280 e. The number of carbonyl (C=O) groups is 1. The Kier molecular flexibility index (Phi) is 8.52. The summed E-state index contributed by atoms with van der Waals surface area (Å²) in [5, 5.41) is 10.1. The first-order valence-corrected chi connectivity index (χ1v) is 12.3. The molecule has 1 amide bonds. The summed E-state index contributed by atoms with van der Waals surface area (Å²) in [6.45, 7) is 0.442. The molecule has 0 bridgehead atoms. The minimum absolute atomic E-state index is 0.0294. The fourth-order valence-electron chi connectivity index (χ4n) is 2.75. The van der Waals surface area contributed by atoms with Gasteiger partial charge >= 0.3 is 0 Å². The molecule has 0 saturated heterocycles. The highest BCUT2D eigenvalue weighted by molar-refractivity contribution is 8.24. The van der Waals surface area contributed by atoms with Crippen molar-refractivity contribution < 1.29 is 27.9 Å². The molecule has 0 aliphatic carbocycles. The van der Waals surface area contributed by atoms with Crippen LogP contribution < -0.4 is 5.32 Å². The molecule has 3 N–H and O–H groups in total. The lowest BCUT2D eigenvalue weighted by Crippen LogP contribution is -2.24. The van der Waals surface area contributed by atoms with Gasteiger partial charge in [-0.1, -0.05) is 28.6 Å². The Morgan fingerprint density at radius 1 is 1.30 bits per heavy atom. The van der Waals surface area contributed by atoms with E-state index >= 15 is 0 Å². The largest absolute Gasteiger partial charge is 0.389 e. The number of amides is 1. The number of thiazole rings is 1. The van der Waals surface area contributed by atoms with Crippen LogP contribution in [0.25, 0.3) is 0 Å². The number of hydrogen-bond donors (Lipinski definition) is 3. The summed E-state index contributed by atoms with van der Waals surface area (Å²) >= 11 is 0.676. The van der Waals surface area contributed by atoms with Crippen LogP contribution in [0.1, 0.15) is 17.7 Å². The molecule has 0 atom stereocenters. The van der Waals surface area contributed by atoms with Crippen LogP contribution in [-0.4, -0.2) is 55.0 Å². The molecule has 13 heteroatoms. The quantitative estimate of drug-likeness (QED) is 0.209. The molecule has 2 heterocycles. The number of oxime groups is 1. The SMILES string of the molecule is COCCCS(O)(O)c1ccc(/C(=N\OCc2ccn(C)n2)C(=O)Nc2ncc(F)s2)cc1. The van der Waals surface area contributed by atoms with E-state index in [-0.39, 0.29) is 23.2 Å². The molecule has 33 heavy (non-hydrogen) atoms. The number of nitrogens with zero attached hydrogens (tertiary/aromatic N) is 4. The van der Waals surface area contributed by atoms with Crippen LogP contribution in [0.2, 0.25) is 0 Å². The second-order valence-corrected chi connectivity index (χ2v) is 10.1. The summed E-state index contributed by atoms with van der Waals surface area (Å²) in [5.41, 5.74) is 0.883. The van der Waals surface area contributed by atoms with Crippen LogP contribution in [0.15, 0.2) is 52.8 Å². The molecule has 0 radical (unpaired) electrons. The van der Waals surface area contributed by atoms with E-state index in [1.54, 1.807) is 31.1 Å². The molecule has 0 aliphatic rings. The van der Waals surface area contributed by atoms with Crippen molar-refractivity contribution in [2.75, 3.05) is 24.8 Å². The van der Waals surface area contributed by atoms with E-state index in [2.05, 4.69) is 20.6 Å². The van der Waals surface area contributed by atoms with Gasteiger partial charge in [0.15, 0.2) is 22.6 Å². The zero-order chi connectivity index (χ0) is 23.8. The Hall–Kier alpha value is -2.84. The lowest BCUT2D eigenvalue weighted by atomic mass is 10.1. The van der Waals surface area contributed by atoms with Crippen LogP contribution in [0.5, 0.6) is 0 Å². The molecule has 3 aromatic rings. The van der Waals surface area contributed by atoms with Crippen LogP contribution in [0, 0.1) is 5.13 Å². The zero-order valence-corrected chi connectivity index (χ0v) is 19.6. The average molecular weight is 498 g/mol. The van der Waals surface area contributed by atoms with Crippen LogP contribution in [0.4, 0.5) is 9.52 Å². The minimum atomic E-state index is -3.00. The number of ether oxygens (including phenoxy) is 1. The summed E-state index contributed by atoms with van der Waals surface area (Å²) in [6.07, 6.45) is 3.23. The van der Waals surface area contributed by atoms with Gasteiger partial charge in [-0.3, -0.25) is 23.9 Å². The number of halogens is 1. The molecular weight excluding hydrogens is 473 g/mol. The van der Waals surface area contributed by atoms with Crippen molar-refractivity contribution in [3.63, 3.8) is 0 Å². The number of benzene rings is 1. The lowest BCUT2D eigenvalue weighted by molar-refractivity contribution is -0.110. The van der Waals surface area contributed by atoms with Crippen molar-refractivity contribution in [3.8, 4) is 0 Å². The molecule has 0 spiro atoms. The molecule has 3 rings (SSSR count). The van der Waals surface area contributed by atoms with Crippen LogP contribution >= 0.6 is 21.9 Å². The number of carbonyl (C=O) groups excluding carboxylic acids is 1. The smallest absolute Gasteiger partial charge is 0.280 e. The predicted molar refractivity (Wildman–Crippen MR) is 124 cm³/mol. The molecule has 1 aromatic carbocycles. The lowest BCUT2D eigenvalue weighted by Gasteiger charge is -2.32. The molecule has 0 unspecified atom stereocenters. The van der Waals surface area contributed by atoms with Crippen molar-refractivity contribution in [1.82, 2.24) is 14.8 Å². The fraction of sp³-hybridized carbons (Fsp3) is 0.300. The molecule has 0 saturated carbocycles. The highest BCUT2D eigenvalue weighted by Crippen LogP contribution is 2.48. The van der Waals surface area contributed by atoms with Crippen LogP contribution in [0.3, 0.4) is 0 Å². The summed E-state index contributed by atoms with van der Waals surface area (Å²) in [5.74, 6) is -0.505. The Morgan fingerprint density at radius 2 is 2.06 bits per heavy atom. The van der Waals surface area contributed by atoms with Gasteiger partial charge in [-0.05, 0) is 24.6 Å². The zero-order valence-electron chi connectivity index (χ0n) is 18.0. The number of hydrogen-bond acceptors (Lipinski definition) is 9. The van der Waals surface area contributed by atoms with E-state index in [0.717, 1.165) is 6.20 Å². The molecule has 0 fully saturated rings. The summed E-state index contributed by atoms with van der Waals surface area (Å²) in [4.78, 5) is 22.3. The third-order valence-electron chi connectivity index (χ3n) is 4.33. The number of rotatable bonds is 11. The minimum Gasteiger partial charge on any atom is -0.389 e. The van der Waals surface area contributed by atoms with Gasteiger partial charge in [-0.25, -0.2) is 4.98 Å². The van der Waals surface area contributed by atoms with E-state index in [1.165, 1.54) is 24.3 Å². The van der Waals surface area contributed by atoms with Gasteiger partial charge in [0.2, 0.25) is 0 Å². The number of methoxy groups -OCH3 is 1. The second-order valence-electron chi connectivity index (χ2n) is 6.86. The first-order chi connectivity index (χ1) is 15.8. The maximum absolute atomic E-state index is 13.2. The van der Waals surface area contributed by atoms with E-state index in [1.807, 2.05) is 0 Å². The molecule has 2 aromatic heterocycles. The highest BCUT2D eigenvalue weighted by atomic mass is 32.3. The Labute approximate surface area is 195 Å². The van der Waals surface area contributed by atoms with Gasteiger partial charge < -0.3 is 9.57 Å². The van der Waals surface area contributed by atoms with E-state index in [0.29, 0.717) is 40.5 Å². The molecule has 10 nitrogen and oxygen atoms in total. The summed E-state index contributed by atoms with van der Waals surface area (Å²) in [6, 6.07) is 7.84. The van der Waals surface area contributed by atoms with Gasteiger partial charge in [-0.15, -0.1) is 0 Å². The van der Waals surface area contributed by atoms with Gasteiger partial charge in [0.05, 0.1) is 11.1 Å². The normalized spacial score (nSPS) is 12.6. The molecule has 0 aliphatic heterocycles. The van der Waals surface area contributed by atoms with Crippen LogP contribution in [-0.2, 0) is 28.0 Å². The second kappa shape index (κ2) is 11.3. The monoisotopic (exact) mass is 497 g/mol. The van der Waals surface area contributed by atoms with Gasteiger partial charge in [0.1, 0.15) is 5.69 Å². The first kappa shape index (κ1) is 24.8. The Bertz CT molecular complexity index is 1100. The third-order valence-corrected chi connectivity index (χ3v) is 6.92. The van der Waals surface area contributed by atoms with Gasteiger partial charge in [-0.2, -0.15) is 20.1 Å². The van der Waals surface area contributed by atoms with Crippen molar-refractivity contribution >= 4 is 38.7 Å². The Balaban J connectivity index is 1.79. The highest BCUT2D eigenvalue weighted by Gasteiger charge is 2.20. The fourth-order valence-corrected chi connectivity index (χ4v) is 4.62. The number of aryl methyl sites for hydroxylation is 1. The van der Waals surface area contributed by atoms with Gasteiger partial charge in [0, 0.05) is 38.3 Å². The van der Waals surface area contributed by atoms with Crippen molar-refractivity contribution in [2.45, 2.75) is 17.9 Å². The van der Waals surface area contributed by atoms with Crippen molar-refractivity contribution in [3.05, 3.63) is 59.1 Å². The summed E-state index contributed by atoms with van der Waals surface area (Å²) < 4.78 is 40.6. The summed E-state index contributed by atoms with van der Waals surface area (Å²) in [7, 11) is 0.304. The topological polar surface area (TPSA) is 131 Å². The van der Waals surface area contributed by atoms with E-state index < -0.39 is 21.6 Å². The predicted octanol–water partition coefficient (Wildman–Crippen LogP) is 3.72. The Morgan fingerprint density at radius 3 is 2.67 bits per heavy atom. The number of aromatic nitrogens is 3.